The minimum atomic E-state index is -3.12. The maximum atomic E-state index is 12.8. The molecule has 1 amide bonds. The minimum absolute atomic E-state index is 0.105. The lowest BCUT2D eigenvalue weighted by molar-refractivity contribution is 0.0793. The number of piperidine rings is 1. The van der Waals surface area contributed by atoms with Crippen LogP contribution < -0.4 is 4.74 Å². The van der Waals surface area contributed by atoms with E-state index in [-0.39, 0.29) is 12.5 Å². The van der Waals surface area contributed by atoms with Crippen molar-refractivity contribution in [1.29, 1.82) is 0 Å². The van der Waals surface area contributed by atoms with Gasteiger partial charge in [0.1, 0.15) is 5.75 Å². The summed E-state index contributed by atoms with van der Waals surface area (Å²) in [6.07, 6.45) is 6.76. The van der Waals surface area contributed by atoms with Crippen LogP contribution in [0.5, 0.6) is 5.75 Å². The second-order valence-electron chi connectivity index (χ2n) is 8.82. The molecule has 0 aliphatic carbocycles. The lowest BCUT2D eigenvalue weighted by Gasteiger charge is -2.26. The summed E-state index contributed by atoms with van der Waals surface area (Å²) in [6, 6.07) is 11.6. The molecule has 4 rings (SSSR count). The Balaban J connectivity index is 1.34. The molecule has 2 fully saturated rings. The normalized spacial score (nSPS) is 20.3. The van der Waals surface area contributed by atoms with Gasteiger partial charge in [-0.2, -0.15) is 0 Å². The first kappa shape index (κ1) is 22.1. The van der Waals surface area contributed by atoms with Crippen LogP contribution in [0.3, 0.4) is 0 Å². The molecule has 0 spiro atoms. The lowest BCUT2D eigenvalue weighted by atomic mass is 10.1. The Morgan fingerprint density at radius 1 is 1.03 bits per heavy atom. The third-order valence-corrected chi connectivity index (χ3v) is 8.03. The molecule has 0 aromatic heterocycles. The lowest BCUT2D eigenvalue weighted by Crippen LogP contribution is -2.31. The van der Waals surface area contributed by atoms with Crippen LogP contribution in [0.4, 0.5) is 0 Å². The van der Waals surface area contributed by atoms with Gasteiger partial charge in [0.2, 0.25) is 0 Å². The van der Waals surface area contributed by atoms with E-state index in [1.54, 1.807) is 4.90 Å². The van der Waals surface area contributed by atoms with Crippen molar-refractivity contribution < 1.29 is 17.9 Å². The Morgan fingerprint density at radius 3 is 2.52 bits per heavy atom. The number of carbonyl (C=O) groups excluding carboxylic acids is 1. The average Bonchev–Trinajstić information content (AvgIpc) is 3.27. The molecule has 1 atom stereocenters. The summed E-state index contributed by atoms with van der Waals surface area (Å²) in [5.41, 5.74) is 0.594. The average molecular weight is 445 g/mol. The van der Waals surface area contributed by atoms with Gasteiger partial charge < -0.3 is 14.5 Å². The van der Waals surface area contributed by atoms with E-state index in [0.717, 1.165) is 29.5 Å². The van der Waals surface area contributed by atoms with Crippen molar-refractivity contribution in [3.05, 3.63) is 42.0 Å². The first-order valence-corrected chi connectivity index (χ1v) is 13.2. The van der Waals surface area contributed by atoms with Crippen LogP contribution in [0.25, 0.3) is 10.8 Å². The number of amides is 1. The fourth-order valence-electron chi connectivity index (χ4n) is 4.55. The summed E-state index contributed by atoms with van der Waals surface area (Å²) in [4.78, 5) is 17.0. The van der Waals surface area contributed by atoms with Gasteiger partial charge in [0.25, 0.3) is 5.91 Å². The molecule has 2 aromatic carbocycles. The van der Waals surface area contributed by atoms with Gasteiger partial charge in [-0.05, 0) is 73.8 Å². The summed E-state index contributed by atoms with van der Waals surface area (Å²) in [5.74, 6) is 0.742. The maximum absolute atomic E-state index is 12.8. The van der Waals surface area contributed by atoms with Crippen LogP contribution in [0, 0.1) is 0 Å². The molecular weight excluding hydrogens is 412 g/mol. The molecule has 0 radical (unpaired) electrons. The molecule has 0 N–H and O–H groups in total. The highest BCUT2D eigenvalue weighted by Gasteiger charge is 2.32. The Labute approximate surface area is 185 Å². The fraction of sp³-hybridized carbons (Fsp3) is 0.542. The van der Waals surface area contributed by atoms with E-state index in [0.29, 0.717) is 25.1 Å². The molecule has 2 aliphatic heterocycles. The van der Waals surface area contributed by atoms with Crippen LogP contribution in [0.15, 0.2) is 36.4 Å². The molecule has 0 bridgehead atoms. The highest BCUT2D eigenvalue weighted by Crippen LogP contribution is 2.24. The number of sulfone groups is 1. The van der Waals surface area contributed by atoms with Crippen molar-refractivity contribution in [2.75, 3.05) is 45.6 Å². The van der Waals surface area contributed by atoms with E-state index in [1.807, 2.05) is 36.4 Å². The Hall–Kier alpha value is -2.12. The van der Waals surface area contributed by atoms with Crippen molar-refractivity contribution >= 4 is 26.5 Å². The number of fused-ring (bicyclic) bond motifs is 1. The van der Waals surface area contributed by atoms with Gasteiger partial charge in [-0.15, -0.1) is 0 Å². The minimum Gasteiger partial charge on any atom is -0.494 e. The van der Waals surface area contributed by atoms with Crippen molar-refractivity contribution in [3.63, 3.8) is 0 Å². The highest BCUT2D eigenvalue weighted by atomic mass is 32.2. The summed E-state index contributed by atoms with van der Waals surface area (Å²) in [6.45, 7) is 4.98. The third-order valence-electron chi connectivity index (χ3n) is 6.43. The number of benzene rings is 2. The summed E-state index contributed by atoms with van der Waals surface area (Å²) in [5, 5.41) is 1.55. The SMILES string of the molecule is CS(=O)(=O)C1CCN(C(=O)c2ccc3cc(OCCCN4CCCCC4)ccc3c2)C1. The Kier molecular flexibility index (Phi) is 6.82. The number of ether oxygens (including phenoxy) is 1. The van der Waals surface area contributed by atoms with Crippen molar-refractivity contribution in [2.24, 2.45) is 0 Å². The molecule has 31 heavy (non-hydrogen) atoms. The zero-order valence-corrected chi connectivity index (χ0v) is 19.1. The van der Waals surface area contributed by atoms with Crippen LogP contribution in [0.1, 0.15) is 42.5 Å². The predicted molar refractivity (Wildman–Crippen MR) is 124 cm³/mol. The van der Waals surface area contributed by atoms with E-state index in [9.17, 15) is 13.2 Å². The summed E-state index contributed by atoms with van der Waals surface area (Å²) < 4.78 is 29.5. The number of hydrogen-bond donors (Lipinski definition) is 0. The van der Waals surface area contributed by atoms with E-state index in [1.165, 1.54) is 38.6 Å². The van der Waals surface area contributed by atoms with E-state index in [2.05, 4.69) is 4.90 Å². The standard InChI is InChI=1S/C24H32N2O4S/c1-31(28,29)23-10-14-26(18-23)24(27)21-7-6-20-17-22(9-8-19(20)16-21)30-15-5-13-25-11-3-2-4-12-25/h6-9,16-17,23H,2-5,10-15,18H2,1H3. The van der Waals surface area contributed by atoms with Gasteiger partial charge in [0.15, 0.2) is 9.84 Å². The van der Waals surface area contributed by atoms with Gasteiger partial charge in [0.05, 0.1) is 11.9 Å². The molecule has 2 heterocycles. The first-order valence-electron chi connectivity index (χ1n) is 11.3. The second-order valence-corrected chi connectivity index (χ2v) is 11.1. The second kappa shape index (κ2) is 9.57. The highest BCUT2D eigenvalue weighted by molar-refractivity contribution is 7.91. The summed E-state index contributed by atoms with van der Waals surface area (Å²) >= 11 is 0. The number of hydrogen-bond acceptors (Lipinski definition) is 5. The first-order chi connectivity index (χ1) is 14.9. The molecule has 2 aromatic rings. The van der Waals surface area contributed by atoms with Crippen molar-refractivity contribution in [2.45, 2.75) is 37.4 Å². The molecule has 1 unspecified atom stereocenters. The van der Waals surface area contributed by atoms with Crippen LogP contribution in [-0.4, -0.2) is 75.0 Å². The molecule has 0 saturated carbocycles. The number of nitrogens with zero attached hydrogens (tertiary/aromatic N) is 2. The zero-order valence-electron chi connectivity index (χ0n) is 18.3. The van der Waals surface area contributed by atoms with Crippen LogP contribution in [0.2, 0.25) is 0 Å². The molecular formula is C24H32N2O4S. The van der Waals surface area contributed by atoms with E-state index in [4.69, 9.17) is 4.74 Å². The predicted octanol–water partition coefficient (Wildman–Crippen LogP) is 3.35. The molecule has 6 nitrogen and oxygen atoms in total. The third kappa shape index (κ3) is 5.57. The molecule has 2 saturated heterocycles. The Bertz CT molecular complexity index is 1030. The van der Waals surface area contributed by atoms with Gasteiger partial charge in [-0.3, -0.25) is 4.79 Å². The van der Waals surface area contributed by atoms with Gasteiger partial charge in [-0.1, -0.05) is 18.6 Å². The topological polar surface area (TPSA) is 66.9 Å². The largest absolute Gasteiger partial charge is 0.494 e. The van der Waals surface area contributed by atoms with Gasteiger partial charge >= 0.3 is 0 Å². The van der Waals surface area contributed by atoms with Gasteiger partial charge in [-0.25, -0.2) is 8.42 Å². The zero-order chi connectivity index (χ0) is 21.8. The maximum Gasteiger partial charge on any atom is 0.253 e. The molecule has 168 valence electrons. The van der Waals surface area contributed by atoms with Crippen molar-refractivity contribution in [3.8, 4) is 5.75 Å². The molecule has 7 heteroatoms. The summed E-state index contributed by atoms with van der Waals surface area (Å²) in [7, 11) is -3.12. The van der Waals surface area contributed by atoms with Crippen molar-refractivity contribution in [1.82, 2.24) is 9.80 Å². The number of likely N-dealkylation sites (tertiary alicyclic amines) is 2. The van der Waals surface area contributed by atoms with Gasteiger partial charge in [0, 0.05) is 31.5 Å². The molecule has 2 aliphatic rings. The van der Waals surface area contributed by atoms with Crippen LogP contribution in [-0.2, 0) is 9.84 Å². The smallest absolute Gasteiger partial charge is 0.253 e. The van der Waals surface area contributed by atoms with E-state index >= 15 is 0 Å². The Morgan fingerprint density at radius 2 is 1.77 bits per heavy atom. The fourth-order valence-corrected chi connectivity index (χ4v) is 5.54. The van der Waals surface area contributed by atoms with Crippen LogP contribution >= 0.6 is 0 Å². The number of rotatable bonds is 7. The quantitative estimate of drug-likeness (QED) is 0.613. The number of carbonyl (C=O) groups is 1. The monoisotopic (exact) mass is 444 g/mol. The van der Waals surface area contributed by atoms with E-state index < -0.39 is 15.1 Å².